The molecule has 4 rings (SSSR count). The lowest BCUT2D eigenvalue weighted by atomic mass is 9.86. The zero-order valence-electron chi connectivity index (χ0n) is 21.6. The Bertz CT molecular complexity index is 1170. The second-order valence-corrected chi connectivity index (χ2v) is 10.2. The van der Waals surface area contributed by atoms with E-state index in [0.29, 0.717) is 25.4 Å². The monoisotopic (exact) mass is 488 g/mol. The highest BCUT2D eigenvalue weighted by atomic mass is 16.5. The van der Waals surface area contributed by atoms with Gasteiger partial charge in [-0.15, -0.1) is 0 Å². The molecule has 1 atom stereocenters. The van der Waals surface area contributed by atoms with Crippen LogP contribution in [0.1, 0.15) is 43.6 Å². The third-order valence-electron chi connectivity index (χ3n) is 6.65. The quantitative estimate of drug-likeness (QED) is 0.515. The van der Waals surface area contributed by atoms with Gasteiger partial charge in [-0.1, -0.05) is 63.2 Å². The summed E-state index contributed by atoms with van der Waals surface area (Å²) in [6.07, 6.45) is 2.06. The molecular formula is C29H36N4O3. The molecule has 1 N–H and O–H groups in total. The summed E-state index contributed by atoms with van der Waals surface area (Å²) in [6, 6.07) is 21.4. The van der Waals surface area contributed by atoms with Gasteiger partial charge in [-0.3, -0.25) is 4.79 Å². The van der Waals surface area contributed by atoms with E-state index in [4.69, 9.17) is 4.74 Å². The van der Waals surface area contributed by atoms with Crippen molar-refractivity contribution < 1.29 is 14.3 Å². The molecule has 0 saturated heterocycles. The summed E-state index contributed by atoms with van der Waals surface area (Å²) in [7, 11) is 1.59. The fourth-order valence-electron chi connectivity index (χ4n) is 4.60. The minimum atomic E-state index is -0.321. The van der Waals surface area contributed by atoms with Crippen LogP contribution in [0.4, 0.5) is 10.5 Å². The average Bonchev–Trinajstić information content (AvgIpc) is 3.35. The van der Waals surface area contributed by atoms with E-state index in [-0.39, 0.29) is 29.9 Å². The zero-order chi connectivity index (χ0) is 25.7. The Morgan fingerprint density at radius 3 is 2.39 bits per heavy atom. The fourth-order valence-corrected chi connectivity index (χ4v) is 4.60. The molecule has 7 heteroatoms. The number of nitrogens with zero attached hydrogens (tertiary/aromatic N) is 3. The molecule has 3 amide bonds. The summed E-state index contributed by atoms with van der Waals surface area (Å²) in [6.45, 7) is 8.51. The second kappa shape index (κ2) is 11.0. The number of ether oxygens (including phenoxy) is 1. The van der Waals surface area contributed by atoms with Crippen LogP contribution in [0.25, 0.3) is 0 Å². The number of amides is 3. The Morgan fingerprint density at radius 2 is 1.72 bits per heavy atom. The molecule has 0 aliphatic carbocycles. The number of urea groups is 1. The standard InChI is InChI=1S/C29H36N4O3/c1-29(2,3)23-14-12-22(13-15-23)27-25-11-8-16-31(25)17-18-33(27)26(34)21-32(19-20-36-4)28(35)30-24-9-6-5-7-10-24/h5-16,27H,17-21H2,1-4H3,(H,30,35). The number of aromatic nitrogens is 1. The van der Waals surface area contributed by atoms with Gasteiger partial charge in [0.1, 0.15) is 6.54 Å². The third-order valence-corrected chi connectivity index (χ3v) is 6.65. The topological polar surface area (TPSA) is 66.8 Å². The molecular weight excluding hydrogens is 452 g/mol. The number of methoxy groups -OCH3 is 1. The van der Waals surface area contributed by atoms with Crippen LogP contribution in [-0.4, -0.2) is 59.7 Å². The summed E-state index contributed by atoms with van der Waals surface area (Å²) in [5.41, 5.74) is 4.13. The largest absolute Gasteiger partial charge is 0.383 e. The molecule has 0 bridgehead atoms. The maximum atomic E-state index is 13.7. The van der Waals surface area contributed by atoms with E-state index in [1.54, 1.807) is 7.11 Å². The maximum Gasteiger partial charge on any atom is 0.322 e. The summed E-state index contributed by atoms with van der Waals surface area (Å²) >= 11 is 0. The third kappa shape index (κ3) is 5.79. The lowest BCUT2D eigenvalue weighted by Crippen LogP contribution is -2.49. The smallest absolute Gasteiger partial charge is 0.322 e. The summed E-state index contributed by atoms with van der Waals surface area (Å²) in [5, 5.41) is 2.89. The lowest BCUT2D eigenvalue weighted by Gasteiger charge is -2.38. The number of nitrogens with one attached hydrogen (secondary N) is 1. The van der Waals surface area contributed by atoms with Crippen LogP contribution in [0, 0.1) is 0 Å². The summed E-state index contributed by atoms with van der Waals surface area (Å²) < 4.78 is 7.42. The molecule has 2 aromatic carbocycles. The number of carbonyl (C=O) groups is 2. The van der Waals surface area contributed by atoms with Gasteiger partial charge in [0.25, 0.3) is 0 Å². The fraction of sp³-hybridized carbons (Fsp3) is 0.379. The number of anilines is 1. The minimum absolute atomic E-state index is 0.0285. The molecule has 36 heavy (non-hydrogen) atoms. The van der Waals surface area contributed by atoms with Crippen molar-refractivity contribution in [3.63, 3.8) is 0 Å². The van der Waals surface area contributed by atoms with E-state index < -0.39 is 0 Å². The van der Waals surface area contributed by atoms with E-state index in [0.717, 1.165) is 17.8 Å². The van der Waals surface area contributed by atoms with Gasteiger partial charge >= 0.3 is 6.03 Å². The van der Waals surface area contributed by atoms with Gasteiger partial charge < -0.3 is 24.4 Å². The predicted octanol–water partition coefficient (Wildman–Crippen LogP) is 4.90. The van der Waals surface area contributed by atoms with Gasteiger partial charge in [0.2, 0.25) is 5.91 Å². The number of benzene rings is 2. The highest BCUT2D eigenvalue weighted by Crippen LogP contribution is 2.34. The number of carbonyl (C=O) groups excluding carboxylic acids is 2. The number of hydrogen-bond donors (Lipinski definition) is 1. The molecule has 0 saturated carbocycles. The van der Waals surface area contributed by atoms with Crippen molar-refractivity contribution in [2.75, 3.05) is 38.7 Å². The predicted molar refractivity (Wildman–Crippen MR) is 142 cm³/mol. The normalized spacial score (nSPS) is 15.3. The van der Waals surface area contributed by atoms with Crippen LogP contribution in [0.15, 0.2) is 72.9 Å². The van der Waals surface area contributed by atoms with Gasteiger partial charge in [-0.25, -0.2) is 4.79 Å². The first-order chi connectivity index (χ1) is 17.3. The second-order valence-electron chi connectivity index (χ2n) is 10.2. The molecule has 1 unspecified atom stereocenters. The van der Waals surface area contributed by atoms with Gasteiger partial charge in [-0.05, 0) is 40.8 Å². The van der Waals surface area contributed by atoms with E-state index >= 15 is 0 Å². The van der Waals surface area contributed by atoms with E-state index in [1.165, 1.54) is 10.5 Å². The molecule has 0 spiro atoms. The number of hydrogen-bond acceptors (Lipinski definition) is 3. The Kier molecular flexibility index (Phi) is 7.79. The first kappa shape index (κ1) is 25.5. The van der Waals surface area contributed by atoms with Crippen molar-refractivity contribution in [3.05, 3.63) is 89.7 Å². The SMILES string of the molecule is COCCN(CC(=O)N1CCn2cccc2C1c1ccc(C(C)(C)C)cc1)C(=O)Nc1ccccc1. The van der Waals surface area contributed by atoms with E-state index in [9.17, 15) is 9.59 Å². The minimum Gasteiger partial charge on any atom is -0.383 e. The van der Waals surface area contributed by atoms with Crippen molar-refractivity contribution in [2.24, 2.45) is 0 Å². The van der Waals surface area contributed by atoms with Crippen molar-refractivity contribution in [3.8, 4) is 0 Å². The molecule has 2 heterocycles. The molecule has 1 aliphatic heterocycles. The van der Waals surface area contributed by atoms with Crippen LogP contribution in [0.5, 0.6) is 0 Å². The van der Waals surface area contributed by atoms with Crippen molar-refractivity contribution >= 4 is 17.6 Å². The first-order valence-corrected chi connectivity index (χ1v) is 12.4. The van der Waals surface area contributed by atoms with Gasteiger partial charge in [0.15, 0.2) is 0 Å². The van der Waals surface area contributed by atoms with Crippen LogP contribution in [-0.2, 0) is 21.5 Å². The highest BCUT2D eigenvalue weighted by molar-refractivity contribution is 5.92. The van der Waals surface area contributed by atoms with Gasteiger partial charge in [0.05, 0.1) is 12.6 Å². The lowest BCUT2D eigenvalue weighted by molar-refractivity contribution is -0.134. The summed E-state index contributed by atoms with van der Waals surface area (Å²) in [4.78, 5) is 30.2. The van der Waals surface area contributed by atoms with Crippen molar-refractivity contribution in [1.29, 1.82) is 0 Å². The highest BCUT2D eigenvalue weighted by Gasteiger charge is 2.33. The van der Waals surface area contributed by atoms with Crippen LogP contribution >= 0.6 is 0 Å². The zero-order valence-corrected chi connectivity index (χ0v) is 21.6. The van der Waals surface area contributed by atoms with Crippen LogP contribution in [0.2, 0.25) is 0 Å². The van der Waals surface area contributed by atoms with Gasteiger partial charge in [0, 0.05) is 44.3 Å². The number of fused-ring (bicyclic) bond motifs is 1. The molecule has 1 aromatic heterocycles. The van der Waals surface area contributed by atoms with Crippen LogP contribution in [0.3, 0.4) is 0 Å². The van der Waals surface area contributed by atoms with Crippen molar-refractivity contribution in [2.45, 2.75) is 38.8 Å². The molecule has 190 valence electrons. The Balaban J connectivity index is 1.57. The molecule has 3 aromatic rings. The Labute approximate surface area is 213 Å². The molecule has 7 nitrogen and oxygen atoms in total. The van der Waals surface area contributed by atoms with E-state index in [2.05, 4.69) is 67.2 Å². The Hall–Kier alpha value is -3.58. The first-order valence-electron chi connectivity index (χ1n) is 12.4. The van der Waals surface area contributed by atoms with Crippen molar-refractivity contribution in [1.82, 2.24) is 14.4 Å². The van der Waals surface area contributed by atoms with E-state index in [1.807, 2.05) is 41.3 Å². The van der Waals surface area contributed by atoms with Gasteiger partial charge in [-0.2, -0.15) is 0 Å². The number of para-hydroxylation sites is 1. The average molecular weight is 489 g/mol. The summed E-state index contributed by atoms with van der Waals surface area (Å²) in [5.74, 6) is -0.0911. The molecule has 1 aliphatic rings. The Morgan fingerprint density at radius 1 is 1.00 bits per heavy atom. The maximum absolute atomic E-state index is 13.7. The molecule has 0 radical (unpaired) electrons. The van der Waals surface area contributed by atoms with Crippen LogP contribution < -0.4 is 5.32 Å². The number of rotatable bonds is 7. The molecule has 0 fully saturated rings.